The van der Waals surface area contributed by atoms with E-state index in [2.05, 4.69) is 5.32 Å². The van der Waals surface area contributed by atoms with E-state index in [0.29, 0.717) is 13.0 Å². The molecule has 0 amide bonds. The van der Waals surface area contributed by atoms with E-state index < -0.39 is 0 Å². The maximum absolute atomic E-state index is 10.7. The second-order valence-corrected chi connectivity index (χ2v) is 3.21. The van der Waals surface area contributed by atoms with Crippen LogP contribution in [0.25, 0.3) is 0 Å². The van der Waals surface area contributed by atoms with Crippen molar-refractivity contribution in [2.24, 2.45) is 0 Å². The Labute approximate surface area is 83.8 Å². The summed E-state index contributed by atoms with van der Waals surface area (Å²) in [5.41, 5.74) is 1.90. The topological polar surface area (TPSA) is 49.0 Å². The van der Waals surface area contributed by atoms with Crippen LogP contribution in [0.5, 0.6) is 0 Å². The van der Waals surface area contributed by atoms with Gasteiger partial charge in [-0.3, -0.25) is 4.79 Å². The first-order chi connectivity index (χ1) is 6.72. The second-order valence-electron chi connectivity index (χ2n) is 3.21. The zero-order valence-electron chi connectivity index (χ0n) is 8.25. The van der Waals surface area contributed by atoms with Gasteiger partial charge >= 0.3 is 0 Å². The minimum absolute atomic E-state index is 0.0965. The van der Waals surface area contributed by atoms with Crippen LogP contribution < -0.4 is 5.32 Å². The highest BCUT2D eigenvalue weighted by Crippen LogP contribution is 2.10. The van der Waals surface area contributed by atoms with Gasteiger partial charge in [0, 0.05) is 5.69 Å². The van der Waals surface area contributed by atoms with Crippen molar-refractivity contribution in [3.05, 3.63) is 29.8 Å². The Balaban J connectivity index is 2.58. The van der Waals surface area contributed by atoms with Crippen LogP contribution >= 0.6 is 0 Å². The van der Waals surface area contributed by atoms with E-state index in [1.165, 1.54) is 6.92 Å². The number of benzene rings is 1. The van der Waals surface area contributed by atoms with Crippen molar-refractivity contribution in [2.45, 2.75) is 13.3 Å². The molecule has 0 bridgehead atoms. The van der Waals surface area contributed by atoms with Crippen molar-refractivity contribution in [1.29, 1.82) is 0 Å². The SMILES string of the molecule is CC(=O)CNc1cccc(CC[O])c1. The molecule has 0 saturated carbocycles. The lowest BCUT2D eigenvalue weighted by molar-refractivity contribution is -0.115. The zero-order chi connectivity index (χ0) is 10.4. The van der Waals surface area contributed by atoms with Crippen molar-refractivity contribution in [3.8, 4) is 0 Å². The molecule has 0 atom stereocenters. The van der Waals surface area contributed by atoms with Crippen LogP contribution in [0.1, 0.15) is 12.5 Å². The normalized spacial score (nSPS) is 9.86. The van der Waals surface area contributed by atoms with E-state index in [-0.39, 0.29) is 12.4 Å². The van der Waals surface area contributed by atoms with Crippen LogP contribution in [-0.4, -0.2) is 18.9 Å². The van der Waals surface area contributed by atoms with E-state index in [4.69, 9.17) is 0 Å². The van der Waals surface area contributed by atoms with E-state index in [9.17, 15) is 9.90 Å². The molecular formula is C11H14NO2. The van der Waals surface area contributed by atoms with Crippen LogP contribution in [-0.2, 0) is 16.3 Å². The average molecular weight is 192 g/mol. The molecule has 1 aromatic carbocycles. The minimum atomic E-state index is -0.101. The molecule has 3 heteroatoms. The van der Waals surface area contributed by atoms with Gasteiger partial charge in [0.15, 0.2) is 0 Å². The summed E-state index contributed by atoms with van der Waals surface area (Å²) in [4.78, 5) is 10.7. The third-order valence-corrected chi connectivity index (χ3v) is 1.86. The van der Waals surface area contributed by atoms with Crippen LogP contribution in [0.4, 0.5) is 5.69 Å². The molecule has 1 aromatic rings. The molecule has 0 unspecified atom stereocenters. The maximum atomic E-state index is 10.7. The first-order valence-electron chi connectivity index (χ1n) is 4.62. The summed E-state index contributed by atoms with van der Waals surface area (Å²) in [6.07, 6.45) is 0.537. The zero-order valence-corrected chi connectivity index (χ0v) is 8.25. The predicted molar refractivity (Wildman–Crippen MR) is 54.9 cm³/mol. The highest BCUT2D eigenvalue weighted by atomic mass is 16.2. The van der Waals surface area contributed by atoms with E-state index in [0.717, 1.165) is 11.3 Å². The first kappa shape index (κ1) is 10.7. The lowest BCUT2D eigenvalue weighted by atomic mass is 10.1. The van der Waals surface area contributed by atoms with E-state index in [1.54, 1.807) is 0 Å². The number of carbonyl (C=O) groups excluding carboxylic acids is 1. The third-order valence-electron chi connectivity index (χ3n) is 1.86. The number of ketones is 1. The summed E-state index contributed by atoms with van der Waals surface area (Å²) in [5, 5.41) is 13.4. The van der Waals surface area contributed by atoms with Crippen LogP contribution in [0.2, 0.25) is 0 Å². The van der Waals surface area contributed by atoms with Crippen molar-refractivity contribution < 1.29 is 9.90 Å². The number of rotatable bonds is 5. The summed E-state index contributed by atoms with van der Waals surface area (Å²) in [7, 11) is 0. The lowest BCUT2D eigenvalue weighted by Crippen LogP contribution is -2.09. The van der Waals surface area contributed by atoms with Gasteiger partial charge < -0.3 is 5.32 Å². The second kappa shape index (κ2) is 5.40. The van der Waals surface area contributed by atoms with Crippen molar-refractivity contribution in [2.75, 3.05) is 18.5 Å². The third kappa shape index (κ3) is 3.58. The highest BCUT2D eigenvalue weighted by molar-refractivity contribution is 5.80. The fourth-order valence-electron chi connectivity index (χ4n) is 1.18. The van der Waals surface area contributed by atoms with Crippen molar-refractivity contribution in [1.82, 2.24) is 0 Å². The van der Waals surface area contributed by atoms with Gasteiger partial charge in [0.2, 0.25) is 0 Å². The fraction of sp³-hybridized carbons (Fsp3) is 0.364. The van der Waals surface area contributed by atoms with Crippen LogP contribution in [0, 0.1) is 0 Å². The molecule has 14 heavy (non-hydrogen) atoms. The molecule has 0 aliphatic carbocycles. The Kier molecular flexibility index (Phi) is 4.13. The van der Waals surface area contributed by atoms with Gasteiger partial charge in [0.05, 0.1) is 13.2 Å². The van der Waals surface area contributed by atoms with E-state index in [1.807, 2.05) is 24.3 Å². The van der Waals surface area contributed by atoms with Gasteiger partial charge in [-0.15, -0.1) is 0 Å². The maximum Gasteiger partial charge on any atom is 0.148 e. The first-order valence-corrected chi connectivity index (χ1v) is 4.62. The number of hydrogen-bond donors (Lipinski definition) is 1. The van der Waals surface area contributed by atoms with Gasteiger partial charge in [0.25, 0.3) is 0 Å². The van der Waals surface area contributed by atoms with Crippen LogP contribution in [0.15, 0.2) is 24.3 Å². The molecule has 0 aromatic heterocycles. The van der Waals surface area contributed by atoms with Gasteiger partial charge in [-0.2, -0.15) is 0 Å². The van der Waals surface area contributed by atoms with Gasteiger partial charge in [-0.25, -0.2) is 5.11 Å². The molecule has 0 spiro atoms. The molecule has 3 nitrogen and oxygen atoms in total. The quantitative estimate of drug-likeness (QED) is 0.771. The Morgan fingerprint density at radius 2 is 2.21 bits per heavy atom. The van der Waals surface area contributed by atoms with Crippen LogP contribution in [0.3, 0.4) is 0 Å². The summed E-state index contributed by atoms with van der Waals surface area (Å²) < 4.78 is 0. The molecule has 1 radical (unpaired) electrons. The van der Waals surface area contributed by atoms with Crippen molar-refractivity contribution in [3.63, 3.8) is 0 Å². The summed E-state index contributed by atoms with van der Waals surface area (Å²) >= 11 is 0. The van der Waals surface area contributed by atoms with Gasteiger partial charge in [-0.1, -0.05) is 12.1 Å². The van der Waals surface area contributed by atoms with Gasteiger partial charge in [0.1, 0.15) is 5.78 Å². The summed E-state index contributed by atoms with van der Waals surface area (Å²) in [6.45, 7) is 1.77. The average Bonchev–Trinajstić information content (AvgIpc) is 2.16. The fourth-order valence-corrected chi connectivity index (χ4v) is 1.18. The Hall–Kier alpha value is -1.35. The minimum Gasteiger partial charge on any atom is -0.378 e. The largest absolute Gasteiger partial charge is 0.378 e. The van der Waals surface area contributed by atoms with Gasteiger partial charge in [-0.05, 0) is 31.0 Å². The Bertz CT molecular complexity index is 310. The molecular weight excluding hydrogens is 178 g/mol. The standard InChI is InChI=1S/C11H14NO2/c1-9(14)8-12-11-4-2-3-10(7-11)5-6-13/h2-4,7,12H,5-6,8H2,1H3. The smallest absolute Gasteiger partial charge is 0.148 e. The monoisotopic (exact) mass is 192 g/mol. The molecule has 1 rings (SSSR count). The Morgan fingerprint density at radius 1 is 1.43 bits per heavy atom. The number of Topliss-reactive ketones (excluding diaryl/α,β-unsaturated/α-hetero) is 1. The molecule has 0 heterocycles. The molecule has 0 aliphatic heterocycles. The Morgan fingerprint density at radius 3 is 2.86 bits per heavy atom. The number of carbonyl (C=O) groups is 1. The molecule has 0 aliphatic rings. The predicted octanol–water partition coefficient (Wildman–Crippen LogP) is 1.66. The van der Waals surface area contributed by atoms with Crippen molar-refractivity contribution >= 4 is 11.5 Å². The number of nitrogens with one attached hydrogen (secondary N) is 1. The lowest BCUT2D eigenvalue weighted by Gasteiger charge is -2.05. The summed E-state index contributed by atoms with van der Waals surface area (Å²) in [6, 6.07) is 7.59. The highest BCUT2D eigenvalue weighted by Gasteiger charge is 1.96. The summed E-state index contributed by atoms with van der Waals surface area (Å²) in [5.74, 6) is 0.0965. The number of anilines is 1. The molecule has 75 valence electrons. The van der Waals surface area contributed by atoms with E-state index >= 15 is 0 Å². The number of hydrogen-bond acceptors (Lipinski definition) is 2. The molecule has 1 N–H and O–H groups in total. The molecule has 0 fully saturated rings. The molecule has 0 saturated heterocycles.